The molecule has 0 bridgehead atoms. The normalized spacial score (nSPS) is 10.8. The van der Waals surface area contributed by atoms with E-state index in [4.69, 9.17) is 5.73 Å². The minimum Gasteiger partial charge on any atom is -0.398 e. The van der Waals surface area contributed by atoms with Gasteiger partial charge in [-0.1, -0.05) is 22.0 Å². The van der Waals surface area contributed by atoms with Gasteiger partial charge in [-0.2, -0.15) is 5.10 Å². The zero-order valence-electron chi connectivity index (χ0n) is 10.3. The van der Waals surface area contributed by atoms with Gasteiger partial charge in [-0.3, -0.25) is 4.68 Å². The second-order valence-electron chi connectivity index (χ2n) is 4.26. The zero-order valence-corrected chi connectivity index (χ0v) is 11.9. The Balaban J connectivity index is 2.41. The molecule has 0 saturated carbocycles. The van der Waals surface area contributed by atoms with Gasteiger partial charge in [0.15, 0.2) is 0 Å². The monoisotopic (exact) mass is 293 g/mol. The van der Waals surface area contributed by atoms with Crippen LogP contribution in [0.2, 0.25) is 0 Å². The van der Waals surface area contributed by atoms with Gasteiger partial charge < -0.3 is 5.73 Å². The number of hydrogen-bond acceptors (Lipinski definition) is 2. The summed E-state index contributed by atoms with van der Waals surface area (Å²) in [6, 6.07) is 5.86. The summed E-state index contributed by atoms with van der Waals surface area (Å²) in [6.07, 6.45) is 0. The Morgan fingerprint density at radius 3 is 2.53 bits per heavy atom. The van der Waals surface area contributed by atoms with Gasteiger partial charge in [0.25, 0.3) is 0 Å². The van der Waals surface area contributed by atoms with E-state index in [0.29, 0.717) is 6.54 Å². The number of anilines is 1. The van der Waals surface area contributed by atoms with E-state index in [1.54, 1.807) is 0 Å². The maximum Gasteiger partial charge on any atom is 0.0694 e. The molecule has 1 aromatic heterocycles. The highest BCUT2D eigenvalue weighted by molar-refractivity contribution is 9.10. The molecule has 0 aliphatic heterocycles. The van der Waals surface area contributed by atoms with E-state index >= 15 is 0 Å². The third-order valence-corrected chi connectivity index (χ3v) is 3.95. The Kier molecular flexibility index (Phi) is 3.24. The fourth-order valence-corrected chi connectivity index (χ4v) is 2.34. The van der Waals surface area contributed by atoms with Crippen LogP contribution < -0.4 is 5.73 Å². The van der Waals surface area contributed by atoms with Crippen molar-refractivity contribution in [3.05, 3.63) is 45.2 Å². The fraction of sp³-hybridized carbons (Fsp3) is 0.308. The molecule has 0 aliphatic carbocycles. The number of benzene rings is 1. The smallest absolute Gasteiger partial charge is 0.0694 e. The molecule has 1 aromatic carbocycles. The van der Waals surface area contributed by atoms with Gasteiger partial charge in [-0.05, 0) is 38.5 Å². The van der Waals surface area contributed by atoms with Crippen LogP contribution in [-0.4, -0.2) is 9.78 Å². The van der Waals surface area contributed by atoms with E-state index in [1.165, 1.54) is 11.3 Å². The van der Waals surface area contributed by atoms with Crippen molar-refractivity contribution in [3.8, 4) is 0 Å². The van der Waals surface area contributed by atoms with Crippen molar-refractivity contribution in [2.24, 2.45) is 0 Å². The van der Waals surface area contributed by atoms with Crippen molar-refractivity contribution in [2.75, 3.05) is 5.73 Å². The summed E-state index contributed by atoms with van der Waals surface area (Å²) >= 11 is 3.53. The second kappa shape index (κ2) is 4.53. The molecule has 3 nitrogen and oxygen atoms in total. The summed E-state index contributed by atoms with van der Waals surface area (Å²) in [7, 11) is 0. The number of halogens is 1. The molecular weight excluding hydrogens is 278 g/mol. The molecule has 0 atom stereocenters. The number of nitrogens with two attached hydrogens (primary N) is 1. The Bertz CT molecular complexity index is 538. The summed E-state index contributed by atoms with van der Waals surface area (Å²) < 4.78 is 3.03. The van der Waals surface area contributed by atoms with Crippen LogP contribution >= 0.6 is 15.9 Å². The highest BCUT2D eigenvalue weighted by Crippen LogP contribution is 2.24. The highest BCUT2D eigenvalue weighted by Gasteiger charge is 2.10. The molecule has 0 spiro atoms. The van der Waals surface area contributed by atoms with Crippen molar-refractivity contribution in [1.29, 1.82) is 0 Å². The molecule has 2 N–H and O–H groups in total. The summed E-state index contributed by atoms with van der Waals surface area (Å²) in [5.41, 5.74) is 11.4. The molecule has 0 fully saturated rings. The lowest BCUT2D eigenvalue weighted by Crippen LogP contribution is -2.07. The molecule has 0 amide bonds. The van der Waals surface area contributed by atoms with Crippen LogP contribution in [0.25, 0.3) is 0 Å². The highest BCUT2D eigenvalue weighted by atomic mass is 79.9. The first-order valence-corrected chi connectivity index (χ1v) is 6.33. The van der Waals surface area contributed by atoms with Crippen molar-refractivity contribution < 1.29 is 0 Å². The molecule has 2 rings (SSSR count). The predicted molar refractivity (Wildman–Crippen MR) is 74.1 cm³/mol. The van der Waals surface area contributed by atoms with Gasteiger partial charge in [0.2, 0.25) is 0 Å². The largest absolute Gasteiger partial charge is 0.398 e. The van der Waals surface area contributed by atoms with E-state index < -0.39 is 0 Å². The lowest BCUT2D eigenvalue weighted by molar-refractivity contribution is 0.658. The van der Waals surface area contributed by atoms with E-state index in [1.807, 2.05) is 29.8 Å². The molecule has 17 heavy (non-hydrogen) atoms. The Labute approximate surface area is 110 Å². The molecule has 90 valence electrons. The first-order valence-electron chi connectivity index (χ1n) is 5.54. The number of aromatic nitrogens is 2. The Morgan fingerprint density at radius 2 is 2.00 bits per heavy atom. The van der Waals surface area contributed by atoms with Gasteiger partial charge in [0.05, 0.1) is 12.2 Å². The van der Waals surface area contributed by atoms with Gasteiger partial charge in [0.1, 0.15) is 0 Å². The maximum atomic E-state index is 5.99. The van der Waals surface area contributed by atoms with E-state index in [2.05, 4.69) is 34.9 Å². The third-order valence-electron chi connectivity index (χ3n) is 3.21. The van der Waals surface area contributed by atoms with Crippen LogP contribution in [0.3, 0.4) is 0 Å². The molecule has 2 aromatic rings. The first-order chi connectivity index (χ1) is 8.00. The van der Waals surface area contributed by atoms with Crippen molar-refractivity contribution in [1.82, 2.24) is 9.78 Å². The van der Waals surface area contributed by atoms with Gasteiger partial charge in [-0.25, -0.2) is 0 Å². The number of aryl methyl sites for hydroxylation is 1. The van der Waals surface area contributed by atoms with Gasteiger partial charge >= 0.3 is 0 Å². The van der Waals surface area contributed by atoms with Gasteiger partial charge in [0, 0.05) is 21.4 Å². The standard InChI is InChI=1S/C13H16BrN3/c1-8-9(2)16-17(10(8)3)7-11-12(14)5-4-6-13(11)15/h4-6H,7,15H2,1-3H3. The van der Waals surface area contributed by atoms with Crippen molar-refractivity contribution in [2.45, 2.75) is 27.3 Å². The average molecular weight is 294 g/mol. The SMILES string of the molecule is Cc1nn(Cc2c(N)cccc2Br)c(C)c1C. The summed E-state index contributed by atoms with van der Waals surface area (Å²) in [4.78, 5) is 0. The molecule has 4 heteroatoms. The number of nitrogen functional groups attached to an aromatic ring is 1. The minimum atomic E-state index is 0.702. The molecule has 1 heterocycles. The first kappa shape index (κ1) is 12.2. The molecule has 0 aliphatic rings. The maximum absolute atomic E-state index is 5.99. The van der Waals surface area contributed by atoms with Crippen molar-refractivity contribution >= 4 is 21.6 Å². The third kappa shape index (κ3) is 2.22. The number of nitrogens with zero attached hydrogens (tertiary/aromatic N) is 2. The van der Waals surface area contributed by atoms with Crippen LogP contribution in [-0.2, 0) is 6.54 Å². The van der Waals surface area contributed by atoms with Crippen LogP contribution in [0, 0.1) is 20.8 Å². The lowest BCUT2D eigenvalue weighted by Gasteiger charge is -2.10. The van der Waals surface area contributed by atoms with Crippen LogP contribution in [0.4, 0.5) is 5.69 Å². The van der Waals surface area contributed by atoms with Crippen LogP contribution in [0.5, 0.6) is 0 Å². The molecule has 0 unspecified atom stereocenters. The summed E-state index contributed by atoms with van der Waals surface area (Å²) in [5, 5.41) is 4.53. The molecule has 0 radical (unpaired) electrons. The summed E-state index contributed by atoms with van der Waals surface area (Å²) in [6.45, 7) is 6.91. The van der Waals surface area contributed by atoms with E-state index in [-0.39, 0.29) is 0 Å². The number of hydrogen-bond donors (Lipinski definition) is 1. The quantitative estimate of drug-likeness (QED) is 0.864. The Hall–Kier alpha value is -1.29. The minimum absolute atomic E-state index is 0.702. The van der Waals surface area contributed by atoms with Crippen LogP contribution in [0.1, 0.15) is 22.5 Å². The molecule has 0 saturated heterocycles. The Morgan fingerprint density at radius 1 is 1.29 bits per heavy atom. The number of rotatable bonds is 2. The van der Waals surface area contributed by atoms with E-state index in [0.717, 1.165) is 21.4 Å². The van der Waals surface area contributed by atoms with Gasteiger partial charge in [-0.15, -0.1) is 0 Å². The average Bonchev–Trinajstić information content (AvgIpc) is 2.52. The van der Waals surface area contributed by atoms with E-state index in [9.17, 15) is 0 Å². The topological polar surface area (TPSA) is 43.8 Å². The predicted octanol–water partition coefficient (Wildman–Crippen LogP) is 3.20. The second-order valence-corrected chi connectivity index (χ2v) is 5.12. The molecular formula is C13H16BrN3. The summed E-state index contributed by atoms with van der Waals surface area (Å²) in [5.74, 6) is 0. The fourth-order valence-electron chi connectivity index (χ4n) is 1.83. The van der Waals surface area contributed by atoms with Crippen molar-refractivity contribution in [3.63, 3.8) is 0 Å². The lowest BCUT2D eigenvalue weighted by atomic mass is 10.2. The zero-order chi connectivity index (χ0) is 12.6. The van der Waals surface area contributed by atoms with Crippen LogP contribution in [0.15, 0.2) is 22.7 Å².